The lowest BCUT2D eigenvalue weighted by Crippen LogP contribution is -2.42. The fraction of sp³-hybridized carbons (Fsp3) is 0.500. The average Bonchev–Trinajstić information content (AvgIpc) is 2.42. The first-order valence-corrected chi connectivity index (χ1v) is 9.65. The molecule has 1 rings (SSSR count). The van der Waals surface area contributed by atoms with Crippen molar-refractivity contribution in [1.82, 2.24) is 9.03 Å². The Kier molecular flexibility index (Phi) is 6.17. The molecule has 0 unspecified atom stereocenters. The van der Waals surface area contributed by atoms with E-state index >= 15 is 0 Å². The second kappa shape index (κ2) is 7.27. The predicted molar refractivity (Wildman–Crippen MR) is 85.8 cm³/mol. The largest absolute Gasteiger partial charge is 0.497 e. The smallest absolute Gasteiger partial charge is 0.278 e. The van der Waals surface area contributed by atoms with Gasteiger partial charge in [-0.25, -0.2) is 13.1 Å². The van der Waals surface area contributed by atoms with Crippen molar-refractivity contribution in [3.8, 4) is 5.75 Å². The molecule has 1 aromatic carbocycles. The van der Waals surface area contributed by atoms with Crippen LogP contribution in [0.5, 0.6) is 5.75 Å². The number of nitrogens with zero attached hydrogens (tertiary/aromatic N) is 2. The Morgan fingerprint density at radius 2 is 1.82 bits per heavy atom. The van der Waals surface area contributed by atoms with Crippen molar-refractivity contribution < 1.29 is 21.6 Å². The van der Waals surface area contributed by atoms with Gasteiger partial charge in [-0.2, -0.15) is 12.7 Å². The van der Waals surface area contributed by atoms with Crippen LogP contribution in [0.3, 0.4) is 0 Å². The number of sulfonamides is 1. The molecule has 0 saturated carbocycles. The van der Waals surface area contributed by atoms with Crippen LogP contribution in [-0.4, -0.2) is 61.7 Å². The molecule has 0 fully saturated rings. The quantitative estimate of drug-likeness (QED) is 0.703. The van der Waals surface area contributed by atoms with E-state index in [2.05, 4.69) is 4.72 Å². The summed E-state index contributed by atoms with van der Waals surface area (Å²) in [5.41, 5.74) is 0.408. The van der Waals surface area contributed by atoms with Crippen LogP contribution in [0.2, 0.25) is 0 Å². The summed E-state index contributed by atoms with van der Waals surface area (Å²) < 4.78 is 56.6. The van der Waals surface area contributed by atoms with E-state index in [4.69, 9.17) is 4.74 Å². The lowest BCUT2D eigenvalue weighted by atomic mass is 10.3. The molecular formula is C12H21N3O5S2. The van der Waals surface area contributed by atoms with E-state index in [0.717, 1.165) is 14.9 Å². The van der Waals surface area contributed by atoms with Crippen molar-refractivity contribution in [3.05, 3.63) is 24.3 Å². The van der Waals surface area contributed by atoms with Gasteiger partial charge < -0.3 is 4.74 Å². The number of benzene rings is 1. The maximum absolute atomic E-state index is 11.9. The third kappa shape index (κ3) is 5.13. The molecule has 0 aliphatic carbocycles. The molecular weight excluding hydrogens is 330 g/mol. The fourth-order valence-electron chi connectivity index (χ4n) is 1.66. The van der Waals surface area contributed by atoms with Crippen molar-refractivity contribution >= 4 is 25.9 Å². The van der Waals surface area contributed by atoms with E-state index in [9.17, 15) is 16.8 Å². The topological polar surface area (TPSA) is 96.0 Å². The van der Waals surface area contributed by atoms with Gasteiger partial charge >= 0.3 is 0 Å². The van der Waals surface area contributed by atoms with E-state index in [-0.39, 0.29) is 13.1 Å². The summed E-state index contributed by atoms with van der Waals surface area (Å²) in [7, 11) is -2.89. The van der Waals surface area contributed by atoms with Gasteiger partial charge in [-0.05, 0) is 12.1 Å². The first kappa shape index (κ1) is 18.7. The highest BCUT2D eigenvalue weighted by molar-refractivity contribution is 7.92. The van der Waals surface area contributed by atoms with E-state index in [1.54, 1.807) is 24.3 Å². The number of nitrogens with one attached hydrogen (secondary N) is 1. The summed E-state index contributed by atoms with van der Waals surface area (Å²) in [6, 6.07) is 6.54. The average molecular weight is 351 g/mol. The highest BCUT2D eigenvalue weighted by Gasteiger charge is 2.19. The Morgan fingerprint density at radius 1 is 1.18 bits per heavy atom. The van der Waals surface area contributed by atoms with Gasteiger partial charge in [0.2, 0.25) is 10.0 Å². The molecule has 0 bridgehead atoms. The van der Waals surface area contributed by atoms with E-state index in [1.165, 1.54) is 21.2 Å². The Bertz CT molecular complexity index is 701. The monoisotopic (exact) mass is 351 g/mol. The van der Waals surface area contributed by atoms with Crippen molar-refractivity contribution in [2.75, 3.05) is 44.9 Å². The second-order valence-electron chi connectivity index (χ2n) is 4.72. The molecule has 22 heavy (non-hydrogen) atoms. The number of rotatable bonds is 8. The highest BCUT2D eigenvalue weighted by Crippen LogP contribution is 2.22. The van der Waals surface area contributed by atoms with Gasteiger partial charge in [0.15, 0.2) is 0 Å². The lowest BCUT2D eigenvalue weighted by Gasteiger charge is -2.23. The van der Waals surface area contributed by atoms with Gasteiger partial charge in [-0.1, -0.05) is 6.07 Å². The second-order valence-corrected chi connectivity index (χ2v) is 8.59. The summed E-state index contributed by atoms with van der Waals surface area (Å²) in [6.07, 6.45) is 1.06. The van der Waals surface area contributed by atoms with Gasteiger partial charge in [0, 0.05) is 33.3 Å². The van der Waals surface area contributed by atoms with Crippen LogP contribution in [0.1, 0.15) is 0 Å². The summed E-state index contributed by atoms with van der Waals surface area (Å²) in [5, 5.41) is 0. The van der Waals surface area contributed by atoms with Crippen LogP contribution < -0.4 is 13.8 Å². The van der Waals surface area contributed by atoms with Crippen LogP contribution >= 0.6 is 0 Å². The fourth-order valence-corrected chi connectivity index (χ4v) is 3.18. The lowest BCUT2D eigenvalue weighted by molar-refractivity contribution is 0.415. The van der Waals surface area contributed by atoms with Crippen molar-refractivity contribution in [3.63, 3.8) is 0 Å². The zero-order valence-electron chi connectivity index (χ0n) is 13.0. The molecule has 0 aliphatic heterocycles. The molecule has 8 nitrogen and oxygen atoms in total. The maximum Gasteiger partial charge on any atom is 0.278 e. The number of hydrogen-bond donors (Lipinski definition) is 1. The Morgan fingerprint density at radius 3 is 2.32 bits per heavy atom. The van der Waals surface area contributed by atoms with E-state index in [1.807, 2.05) is 0 Å². The van der Waals surface area contributed by atoms with E-state index < -0.39 is 20.2 Å². The third-order valence-corrected chi connectivity index (χ3v) is 5.55. The molecule has 10 heteroatoms. The van der Waals surface area contributed by atoms with Crippen molar-refractivity contribution in [2.24, 2.45) is 0 Å². The Hall–Kier alpha value is -1.36. The molecule has 0 aromatic heterocycles. The number of anilines is 1. The van der Waals surface area contributed by atoms with Crippen LogP contribution in [0.15, 0.2) is 24.3 Å². The molecule has 0 heterocycles. The van der Waals surface area contributed by atoms with Gasteiger partial charge in [-0.15, -0.1) is 0 Å². The van der Waals surface area contributed by atoms with Crippen molar-refractivity contribution in [1.29, 1.82) is 0 Å². The number of ether oxygens (including phenoxy) is 1. The normalized spacial score (nSPS) is 12.4. The van der Waals surface area contributed by atoms with Gasteiger partial charge in [0.05, 0.1) is 19.1 Å². The molecule has 126 valence electrons. The molecule has 1 N–H and O–H groups in total. The number of hydrogen-bond acceptors (Lipinski definition) is 5. The van der Waals surface area contributed by atoms with Crippen LogP contribution in [0.4, 0.5) is 5.69 Å². The summed E-state index contributed by atoms with van der Waals surface area (Å²) >= 11 is 0. The van der Waals surface area contributed by atoms with Gasteiger partial charge in [0.1, 0.15) is 5.75 Å². The molecule has 0 radical (unpaired) electrons. The molecule has 1 aromatic rings. The van der Waals surface area contributed by atoms with Gasteiger partial charge in [0.25, 0.3) is 10.2 Å². The van der Waals surface area contributed by atoms with Crippen LogP contribution in [0.25, 0.3) is 0 Å². The zero-order valence-corrected chi connectivity index (χ0v) is 14.6. The summed E-state index contributed by atoms with van der Waals surface area (Å²) in [5.74, 6) is 0.514. The first-order valence-electron chi connectivity index (χ1n) is 6.37. The molecule has 0 amide bonds. The molecule has 0 atom stereocenters. The Balaban J connectivity index is 2.92. The Labute approximate surface area is 131 Å². The standard InChI is InChI=1S/C12H21N3O5S2/c1-14(2)22(18,19)13-8-9-15(21(4,16)17)11-6-5-7-12(10-11)20-3/h5-7,10,13H,8-9H2,1-4H3. The van der Waals surface area contributed by atoms with Crippen molar-refractivity contribution in [2.45, 2.75) is 0 Å². The minimum Gasteiger partial charge on any atom is -0.497 e. The minimum atomic E-state index is -3.60. The van der Waals surface area contributed by atoms with Gasteiger partial charge in [-0.3, -0.25) is 4.31 Å². The summed E-state index contributed by atoms with van der Waals surface area (Å²) in [6.45, 7) is -0.0795. The van der Waals surface area contributed by atoms with Crippen LogP contribution in [-0.2, 0) is 20.2 Å². The van der Waals surface area contributed by atoms with E-state index in [0.29, 0.717) is 11.4 Å². The summed E-state index contributed by atoms with van der Waals surface area (Å²) in [4.78, 5) is 0. The molecule has 0 spiro atoms. The zero-order chi connectivity index (χ0) is 17.0. The number of methoxy groups -OCH3 is 1. The highest BCUT2D eigenvalue weighted by atomic mass is 32.2. The molecule has 0 aliphatic rings. The first-order chi connectivity index (χ1) is 10.1. The minimum absolute atomic E-state index is 0.0287. The predicted octanol–water partition coefficient (Wildman–Crippen LogP) is -0.143. The maximum atomic E-state index is 11.9. The third-order valence-electron chi connectivity index (χ3n) is 2.82. The molecule has 0 saturated heterocycles. The van der Waals surface area contributed by atoms with Crippen LogP contribution in [0, 0.1) is 0 Å². The SMILES string of the molecule is COc1cccc(N(CCNS(=O)(=O)N(C)C)S(C)(=O)=O)c1.